The van der Waals surface area contributed by atoms with Gasteiger partial charge in [-0.15, -0.1) is 0 Å². The summed E-state index contributed by atoms with van der Waals surface area (Å²) in [5.74, 6) is -0.266. The molecule has 1 N–H and O–H groups in total. The minimum absolute atomic E-state index is 0.0198. The van der Waals surface area contributed by atoms with Gasteiger partial charge in [-0.05, 0) is 43.2 Å². The van der Waals surface area contributed by atoms with Crippen LogP contribution in [-0.4, -0.2) is 34.8 Å². The van der Waals surface area contributed by atoms with E-state index >= 15 is 0 Å². The number of pyridine rings is 1. The monoisotopic (exact) mass is 295 g/mol. The number of nitrogens with zero attached hydrogens (tertiary/aromatic N) is 2. The molecule has 1 aliphatic heterocycles. The van der Waals surface area contributed by atoms with Crippen molar-refractivity contribution in [2.75, 3.05) is 18.4 Å². The van der Waals surface area contributed by atoms with E-state index in [1.165, 1.54) is 0 Å². The molecule has 2 amide bonds. The summed E-state index contributed by atoms with van der Waals surface area (Å²) in [7, 11) is 0. The maximum absolute atomic E-state index is 12.4. The molecule has 3 rings (SSSR count). The number of anilines is 1. The third kappa shape index (κ3) is 3.14. The predicted octanol–water partition coefficient (Wildman–Crippen LogP) is 2.57. The molecule has 0 saturated carbocycles. The molecule has 2 aromatic rings. The summed E-state index contributed by atoms with van der Waals surface area (Å²) >= 11 is 0. The molecule has 0 unspecified atom stereocenters. The van der Waals surface area contributed by atoms with Crippen LogP contribution in [0.2, 0.25) is 0 Å². The SMILES string of the molecule is O=C(Nc1cccc(C(=O)N2CCCC2)c1)c1ccccn1. The summed E-state index contributed by atoms with van der Waals surface area (Å²) < 4.78 is 0. The second kappa shape index (κ2) is 6.39. The van der Waals surface area contributed by atoms with Gasteiger partial charge in [-0.1, -0.05) is 12.1 Å². The van der Waals surface area contributed by atoms with Crippen molar-refractivity contribution in [3.05, 3.63) is 59.9 Å². The number of likely N-dealkylation sites (tertiary alicyclic amines) is 1. The summed E-state index contributed by atoms with van der Waals surface area (Å²) in [5, 5.41) is 2.77. The molecule has 22 heavy (non-hydrogen) atoms. The maximum atomic E-state index is 12.4. The molecule has 5 heteroatoms. The average molecular weight is 295 g/mol. The van der Waals surface area contributed by atoms with Crippen LogP contribution >= 0.6 is 0 Å². The standard InChI is InChI=1S/C17H17N3O2/c21-16(15-8-1-2-9-18-15)19-14-7-5-6-13(12-14)17(22)20-10-3-4-11-20/h1-2,5-9,12H,3-4,10-11H2,(H,19,21). The van der Waals surface area contributed by atoms with Crippen molar-refractivity contribution in [3.8, 4) is 0 Å². The number of rotatable bonds is 3. The van der Waals surface area contributed by atoms with E-state index in [-0.39, 0.29) is 11.8 Å². The molecular weight excluding hydrogens is 278 g/mol. The molecule has 0 radical (unpaired) electrons. The summed E-state index contributed by atoms with van der Waals surface area (Å²) in [6.07, 6.45) is 3.69. The Kier molecular flexibility index (Phi) is 4.14. The highest BCUT2D eigenvalue weighted by Crippen LogP contribution is 2.16. The van der Waals surface area contributed by atoms with Crippen LogP contribution in [-0.2, 0) is 0 Å². The highest BCUT2D eigenvalue weighted by molar-refractivity contribution is 6.03. The van der Waals surface area contributed by atoms with E-state index in [1.807, 2.05) is 4.90 Å². The van der Waals surface area contributed by atoms with Crippen molar-refractivity contribution in [3.63, 3.8) is 0 Å². The number of aromatic nitrogens is 1. The number of amides is 2. The van der Waals surface area contributed by atoms with Crippen LogP contribution in [0.25, 0.3) is 0 Å². The Labute approximate surface area is 129 Å². The van der Waals surface area contributed by atoms with Gasteiger partial charge in [-0.25, -0.2) is 0 Å². The quantitative estimate of drug-likeness (QED) is 0.946. The molecule has 2 heterocycles. The van der Waals surface area contributed by atoms with E-state index in [2.05, 4.69) is 10.3 Å². The topological polar surface area (TPSA) is 62.3 Å². The lowest BCUT2D eigenvalue weighted by Gasteiger charge is -2.15. The van der Waals surface area contributed by atoms with Crippen LogP contribution < -0.4 is 5.32 Å². The van der Waals surface area contributed by atoms with E-state index < -0.39 is 0 Å². The molecule has 112 valence electrons. The van der Waals surface area contributed by atoms with E-state index in [1.54, 1.807) is 48.7 Å². The molecule has 1 aliphatic rings. The normalized spacial score (nSPS) is 13.9. The summed E-state index contributed by atoms with van der Waals surface area (Å²) in [6.45, 7) is 1.62. The summed E-state index contributed by atoms with van der Waals surface area (Å²) in [5.41, 5.74) is 1.54. The average Bonchev–Trinajstić information content (AvgIpc) is 3.09. The predicted molar refractivity (Wildman–Crippen MR) is 83.8 cm³/mol. The fourth-order valence-electron chi connectivity index (χ4n) is 2.52. The fraction of sp³-hybridized carbons (Fsp3) is 0.235. The molecule has 1 saturated heterocycles. The van der Waals surface area contributed by atoms with E-state index in [4.69, 9.17) is 0 Å². The van der Waals surface area contributed by atoms with Gasteiger partial charge in [0, 0.05) is 30.5 Å². The minimum atomic E-state index is -0.286. The first kappa shape index (κ1) is 14.3. The van der Waals surface area contributed by atoms with Gasteiger partial charge < -0.3 is 10.2 Å². The highest BCUT2D eigenvalue weighted by Gasteiger charge is 2.19. The molecule has 0 atom stereocenters. The smallest absolute Gasteiger partial charge is 0.274 e. The van der Waals surface area contributed by atoms with Crippen molar-refractivity contribution in [1.82, 2.24) is 9.88 Å². The van der Waals surface area contributed by atoms with E-state index in [0.717, 1.165) is 25.9 Å². The third-order valence-corrected chi connectivity index (χ3v) is 3.66. The van der Waals surface area contributed by atoms with Crippen molar-refractivity contribution in [2.24, 2.45) is 0 Å². The first-order valence-electron chi connectivity index (χ1n) is 7.36. The molecule has 1 aromatic heterocycles. The van der Waals surface area contributed by atoms with Crippen LogP contribution in [0, 0.1) is 0 Å². The van der Waals surface area contributed by atoms with Crippen LogP contribution in [0.15, 0.2) is 48.7 Å². The number of carbonyl (C=O) groups excluding carboxylic acids is 2. The number of hydrogen-bond acceptors (Lipinski definition) is 3. The number of nitrogens with one attached hydrogen (secondary N) is 1. The Morgan fingerprint density at radius 2 is 1.86 bits per heavy atom. The first-order chi connectivity index (χ1) is 10.7. The van der Waals surface area contributed by atoms with Crippen LogP contribution in [0.5, 0.6) is 0 Å². The summed E-state index contributed by atoms with van der Waals surface area (Å²) in [6, 6.07) is 12.2. The first-order valence-corrected chi connectivity index (χ1v) is 7.36. The van der Waals surface area contributed by atoms with Gasteiger partial charge in [-0.2, -0.15) is 0 Å². The summed E-state index contributed by atoms with van der Waals surface area (Å²) in [4.78, 5) is 30.3. The molecule has 1 aromatic carbocycles. The van der Waals surface area contributed by atoms with Gasteiger partial charge in [0.2, 0.25) is 0 Å². The van der Waals surface area contributed by atoms with Crippen LogP contribution in [0.4, 0.5) is 5.69 Å². The Morgan fingerprint density at radius 3 is 2.59 bits per heavy atom. The highest BCUT2D eigenvalue weighted by atomic mass is 16.2. The van der Waals surface area contributed by atoms with Crippen molar-refractivity contribution < 1.29 is 9.59 Å². The van der Waals surface area contributed by atoms with E-state index in [9.17, 15) is 9.59 Å². The Hall–Kier alpha value is -2.69. The third-order valence-electron chi connectivity index (χ3n) is 3.66. The van der Waals surface area contributed by atoms with Gasteiger partial charge >= 0.3 is 0 Å². The Morgan fingerprint density at radius 1 is 1.05 bits per heavy atom. The molecule has 0 spiro atoms. The zero-order valence-corrected chi connectivity index (χ0v) is 12.2. The Balaban J connectivity index is 1.74. The van der Waals surface area contributed by atoms with E-state index in [0.29, 0.717) is 16.9 Å². The lowest BCUT2D eigenvalue weighted by Crippen LogP contribution is -2.27. The van der Waals surface area contributed by atoms with Gasteiger partial charge in [0.25, 0.3) is 11.8 Å². The maximum Gasteiger partial charge on any atom is 0.274 e. The number of carbonyl (C=O) groups is 2. The fourth-order valence-corrected chi connectivity index (χ4v) is 2.52. The number of benzene rings is 1. The zero-order chi connectivity index (χ0) is 15.4. The zero-order valence-electron chi connectivity index (χ0n) is 12.2. The van der Waals surface area contributed by atoms with Crippen molar-refractivity contribution >= 4 is 17.5 Å². The minimum Gasteiger partial charge on any atom is -0.339 e. The van der Waals surface area contributed by atoms with Crippen LogP contribution in [0.3, 0.4) is 0 Å². The van der Waals surface area contributed by atoms with Crippen LogP contribution in [0.1, 0.15) is 33.7 Å². The lowest BCUT2D eigenvalue weighted by atomic mass is 10.1. The molecule has 1 fully saturated rings. The number of hydrogen-bond donors (Lipinski definition) is 1. The van der Waals surface area contributed by atoms with Gasteiger partial charge in [0.15, 0.2) is 0 Å². The van der Waals surface area contributed by atoms with Gasteiger partial charge in [-0.3, -0.25) is 14.6 Å². The van der Waals surface area contributed by atoms with Gasteiger partial charge in [0.05, 0.1) is 0 Å². The second-order valence-corrected chi connectivity index (χ2v) is 5.25. The second-order valence-electron chi connectivity index (χ2n) is 5.25. The van der Waals surface area contributed by atoms with Crippen molar-refractivity contribution in [2.45, 2.75) is 12.8 Å². The van der Waals surface area contributed by atoms with Gasteiger partial charge in [0.1, 0.15) is 5.69 Å². The molecular formula is C17H17N3O2. The molecule has 5 nitrogen and oxygen atoms in total. The molecule has 0 aliphatic carbocycles. The van der Waals surface area contributed by atoms with Crippen molar-refractivity contribution in [1.29, 1.82) is 0 Å². The lowest BCUT2D eigenvalue weighted by molar-refractivity contribution is 0.0792. The largest absolute Gasteiger partial charge is 0.339 e. The molecule has 0 bridgehead atoms. The Bertz CT molecular complexity index is 679.